The summed E-state index contributed by atoms with van der Waals surface area (Å²) in [6.07, 6.45) is 0. The standard InChI is InChI=1S/C23H21NO5/c1-27-20-9-5-6-10-21(20)28-16-22(25)29-15-17-11-13-18(14-12-17)23(26)24-19-7-3-2-4-8-19/h2-14H,15-16H2,1H3,(H,24,26). The summed E-state index contributed by atoms with van der Waals surface area (Å²) in [6.45, 7) is -0.132. The van der Waals surface area contributed by atoms with Crippen LogP contribution in [-0.2, 0) is 16.1 Å². The minimum Gasteiger partial charge on any atom is -0.493 e. The Bertz CT molecular complexity index is 955. The molecule has 0 bridgehead atoms. The lowest BCUT2D eigenvalue weighted by Crippen LogP contribution is -2.15. The number of rotatable bonds is 8. The van der Waals surface area contributed by atoms with E-state index in [0.717, 1.165) is 11.3 Å². The van der Waals surface area contributed by atoms with E-state index in [9.17, 15) is 9.59 Å². The summed E-state index contributed by atoms with van der Waals surface area (Å²) in [4.78, 5) is 24.2. The van der Waals surface area contributed by atoms with Gasteiger partial charge in [0.15, 0.2) is 18.1 Å². The molecule has 1 N–H and O–H groups in total. The monoisotopic (exact) mass is 391 g/mol. The molecule has 0 spiro atoms. The van der Waals surface area contributed by atoms with Crippen LogP contribution in [0.2, 0.25) is 0 Å². The zero-order valence-electron chi connectivity index (χ0n) is 16.0. The van der Waals surface area contributed by atoms with Gasteiger partial charge in [0.1, 0.15) is 6.61 Å². The van der Waals surface area contributed by atoms with Crippen molar-refractivity contribution in [2.24, 2.45) is 0 Å². The van der Waals surface area contributed by atoms with E-state index >= 15 is 0 Å². The molecule has 1 amide bonds. The third kappa shape index (κ3) is 5.84. The first-order valence-electron chi connectivity index (χ1n) is 9.02. The lowest BCUT2D eigenvalue weighted by atomic mass is 10.1. The zero-order valence-corrected chi connectivity index (χ0v) is 16.0. The normalized spacial score (nSPS) is 10.1. The largest absolute Gasteiger partial charge is 0.493 e. The fourth-order valence-corrected chi connectivity index (χ4v) is 2.56. The highest BCUT2D eigenvalue weighted by Crippen LogP contribution is 2.25. The summed E-state index contributed by atoms with van der Waals surface area (Å²) in [6, 6.07) is 23.1. The summed E-state index contributed by atoms with van der Waals surface area (Å²) in [7, 11) is 1.53. The Morgan fingerprint density at radius 1 is 0.828 bits per heavy atom. The molecule has 3 rings (SSSR count). The molecule has 0 heterocycles. The van der Waals surface area contributed by atoms with E-state index in [2.05, 4.69) is 5.32 Å². The summed E-state index contributed by atoms with van der Waals surface area (Å²) in [5.74, 6) is 0.317. The number of hydrogen-bond donors (Lipinski definition) is 1. The minimum absolute atomic E-state index is 0.0920. The fraction of sp³-hybridized carbons (Fsp3) is 0.130. The molecule has 148 valence electrons. The Morgan fingerprint density at radius 2 is 1.48 bits per heavy atom. The Kier molecular flexibility index (Phi) is 6.84. The number of ether oxygens (including phenoxy) is 3. The van der Waals surface area contributed by atoms with Gasteiger partial charge in [-0.3, -0.25) is 4.79 Å². The number of anilines is 1. The third-order valence-electron chi connectivity index (χ3n) is 4.06. The number of amides is 1. The van der Waals surface area contributed by atoms with Gasteiger partial charge in [-0.15, -0.1) is 0 Å². The highest BCUT2D eigenvalue weighted by atomic mass is 16.6. The van der Waals surface area contributed by atoms with Gasteiger partial charge in [0.05, 0.1) is 7.11 Å². The number of para-hydroxylation sites is 3. The third-order valence-corrected chi connectivity index (χ3v) is 4.06. The fourth-order valence-electron chi connectivity index (χ4n) is 2.56. The number of esters is 1. The van der Waals surface area contributed by atoms with E-state index in [4.69, 9.17) is 14.2 Å². The molecule has 0 saturated heterocycles. The second kappa shape index (κ2) is 9.94. The molecule has 3 aromatic carbocycles. The van der Waals surface area contributed by atoms with Crippen LogP contribution in [0, 0.1) is 0 Å². The lowest BCUT2D eigenvalue weighted by Gasteiger charge is -2.10. The average molecular weight is 391 g/mol. The van der Waals surface area contributed by atoms with Crippen LogP contribution < -0.4 is 14.8 Å². The van der Waals surface area contributed by atoms with Crippen molar-refractivity contribution >= 4 is 17.6 Å². The van der Waals surface area contributed by atoms with Gasteiger partial charge in [0, 0.05) is 11.3 Å². The van der Waals surface area contributed by atoms with E-state index in [0.29, 0.717) is 17.1 Å². The first kappa shape index (κ1) is 19.9. The van der Waals surface area contributed by atoms with Gasteiger partial charge < -0.3 is 19.5 Å². The molecule has 0 radical (unpaired) electrons. The summed E-state index contributed by atoms with van der Waals surface area (Å²) >= 11 is 0. The summed E-state index contributed by atoms with van der Waals surface area (Å²) < 4.78 is 15.8. The van der Waals surface area contributed by atoms with Gasteiger partial charge in [-0.2, -0.15) is 0 Å². The molecule has 6 nitrogen and oxygen atoms in total. The quantitative estimate of drug-likeness (QED) is 0.586. The van der Waals surface area contributed by atoms with E-state index in [1.807, 2.05) is 36.4 Å². The molecule has 0 aliphatic carbocycles. The molecule has 0 aliphatic heterocycles. The Hall–Kier alpha value is -3.80. The minimum atomic E-state index is -0.498. The molecule has 3 aromatic rings. The number of methoxy groups -OCH3 is 1. The van der Waals surface area contributed by atoms with Crippen molar-refractivity contribution in [2.45, 2.75) is 6.61 Å². The molecule has 0 saturated carbocycles. The van der Waals surface area contributed by atoms with Crippen LogP contribution in [-0.4, -0.2) is 25.6 Å². The average Bonchev–Trinajstić information content (AvgIpc) is 2.77. The molecule has 0 fully saturated rings. The highest BCUT2D eigenvalue weighted by Gasteiger charge is 2.09. The maximum absolute atomic E-state index is 12.2. The molecule has 0 aromatic heterocycles. The second-order valence-corrected chi connectivity index (χ2v) is 6.12. The van der Waals surface area contributed by atoms with E-state index in [-0.39, 0.29) is 19.1 Å². The molecular formula is C23H21NO5. The Labute approximate surface area is 169 Å². The maximum atomic E-state index is 12.2. The number of carbonyl (C=O) groups is 2. The molecule has 29 heavy (non-hydrogen) atoms. The number of carbonyl (C=O) groups excluding carboxylic acids is 2. The van der Waals surface area contributed by atoms with E-state index in [1.54, 1.807) is 42.5 Å². The Balaban J connectivity index is 1.47. The van der Waals surface area contributed by atoms with Gasteiger partial charge in [-0.25, -0.2) is 4.79 Å². The molecule has 0 atom stereocenters. The maximum Gasteiger partial charge on any atom is 0.344 e. The van der Waals surface area contributed by atoms with Crippen LogP contribution >= 0.6 is 0 Å². The van der Waals surface area contributed by atoms with Crippen molar-refractivity contribution in [2.75, 3.05) is 19.0 Å². The summed E-state index contributed by atoms with van der Waals surface area (Å²) in [5.41, 5.74) is 2.01. The van der Waals surface area contributed by atoms with Crippen LogP contribution in [0.25, 0.3) is 0 Å². The van der Waals surface area contributed by atoms with Crippen molar-refractivity contribution < 1.29 is 23.8 Å². The number of benzene rings is 3. The van der Waals surface area contributed by atoms with Gasteiger partial charge in [-0.05, 0) is 42.0 Å². The lowest BCUT2D eigenvalue weighted by molar-refractivity contribution is -0.147. The first-order chi connectivity index (χ1) is 14.2. The van der Waals surface area contributed by atoms with E-state index < -0.39 is 5.97 Å². The van der Waals surface area contributed by atoms with Gasteiger partial charge in [0.2, 0.25) is 0 Å². The SMILES string of the molecule is COc1ccccc1OCC(=O)OCc1ccc(C(=O)Nc2ccccc2)cc1. The van der Waals surface area contributed by atoms with Crippen LogP contribution in [0.15, 0.2) is 78.9 Å². The van der Waals surface area contributed by atoms with Gasteiger partial charge in [0.25, 0.3) is 5.91 Å². The number of nitrogens with one attached hydrogen (secondary N) is 1. The predicted octanol–water partition coefficient (Wildman–Crippen LogP) is 4.07. The zero-order chi connectivity index (χ0) is 20.5. The van der Waals surface area contributed by atoms with Gasteiger partial charge in [-0.1, -0.05) is 42.5 Å². The van der Waals surface area contributed by atoms with Crippen LogP contribution in [0.4, 0.5) is 5.69 Å². The van der Waals surface area contributed by atoms with Crippen LogP contribution in [0.1, 0.15) is 15.9 Å². The van der Waals surface area contributed by atoms with E-state index in [1.165, 1.54) is 7.11 Å². The second-order valence-electron chi connectivity index (χ2n) is 6.12. The smallest absolute Gasteiger partial charge is 0.344 e. The van der Waals surface area contributed by atoms with Crippen molar-refractivity contribution in [3.8, 4) is 11.5 Å². The predicted molar refractivity (Wildman–Crippen MR) is 109 cm³/mol. The number of hydrogen-bond acceptors (Lipinski definition) is 5. The first-order valence-corrected chi connectivity index (χ1v) is 9.02. The molecule has 0 unspecified atom stereocenters. The molecule has 6 heteroatoms. The highest BCUT2D eigenvalue weighted by molar-refractivity contribution is 6.04. The van der Waals surface area contributed by atoms with Gasteiger partial charge >= 0.3 is 5.97 Å². The molecular weight excluding hydrogens is 370 g/mol. The van der Waals surface area contributed by atoms with Crippen LogP contribution in [0.5, 0.6) is 11.5 Å². The Morgan fingerprint density at radius 3 is 2.17 bits per heavy atom. The van der Waals surface area contributed by atoms with Crippen molar-refractivity contribution in [1.29, 1.82) is 0 Å². The van der Waals surface area contributed by atoms with Crippen molar-refractivity contribution in [1.82, 2.24) is 0 Å². The molecule has 0 aliphatic rings. The van der Waals surface area contributed by atoms with Crippen LogP contribution in [0.3, 0.4) is 0 Å². The summed E-state index contributed by atoms with van der Waals surface area (Å²) in [5, 5.41) is 2.82. The van der Waals surface area contributed by atoms with Crippen molar-refractivity contribution in [3.63, 3.8) is 0 Å². The topological polar surface area (TPSA) is 73.9 Å². The van der Waals surface area contributed by atoms with Crippen molar-refractivity contribution in [3.05, 3.63) is 90.0 Å².